The number of aliphatic hydroxyl groups is 1. The predicted octanol–water partition coefficient (Wildman–Crippen LogP) is 2.21. The van der Waals surface area contributed by atoms with Crippen molar-refractivity contribution in [1.29, 1.82) is 0 Å². The first kappa shape index (κ1) is 13.3. The Hall–Kier alpha value is -0.770. The smallest absolute Gasteiger partial charge is 0.408 e. The standard InChI is InChI=1S/C12H23NO3/c1-11(2,3)16-10(15)13-12(9-14)7-5-4-6-8-12/h14H,4-9H2,1-3H3,(H,13,15). The van der Waals surface area contributed by atoms with Crippen LogP contribution in [0.25, 0.3) is 0 Å². The van der Waals surface area contributed by atoms with Gasteiger partial charge in [0.15, 0.2) is 0 Å². The Balaban J connectivity index is 2.52. The summed E-state index contributed by atoms with van der Waals surface area (Å²) in [6, 6.07) is 0. The summed E-state index contributed by atoms with van der Waals surface area (Å²) < 4.78 is 5.21. The van der Waals surface area contributed by atoms with Gasteiger partial charge in [0, 0.05) is 0 Å². The van der Waals surface area contributed by atoms with E-state index in [2.05, 4.69) is 5.32 Å². The summed E-state index contributed by atoms with van der Waals surface area (Å²) in [4.78, 5) is 11.6. The Labute approximate surface area is 97.4 Å². The van der Waals surface area contributed by atoms with Gasteiger partial charge < -0.3 is 15.2 Å². The quantitative estimate of drug-likeness (QED) is 0.763. The molecule has 1 aliphatic carbocycles. The number of aliphatic hydroxyl groups excluding tert-OH is 1. The molecule has 0 saturated heterocycles. The number of carbonyl (C=O) groups excluding carboxylic acids is 1. The molecule has 4 nitrogen and oxygen atoms in total. The maximum absolute atomic E-state index is 11.6. The third kappa shape index (κ3) is 4.00. The molecule has 0 aromatic rings. The van der Waals surface area contributed by atoms with Crippen LogP contribution in [0.15, 0.2) is 0 Å². The van der Waals surface area contributed by atoms with Gasteiger partial charge in [-0.15, -0.1) is 0 Å². The summed E-state index contributed by atoms with van der Waals surface area (Å²) in [5.74, 6) is 0. The van der Waals surface area contributed by atoms with Crippen molar-refractivity contribution in [2.24, 2.45) is 0 Å². The Kier molecular flexibility index (Phi) is 4.19. The lowest BCUT2D eigenvalue weighted by atomic mass is 9.82. The summed E-state index contributed by atoms with van der Waals surface area (Å²) in [7, 11) is 0. The van der Waals surface area contributed by atoms with Crippen LogP contribution in [0, 0.1) is 0 Å². The monoisotopic (exact) mass is 229 g/mol. The van der Waals surface area contributed by atoms with Gasteiger partial charge >= 0.3 is 6.09 Å². The van der Waals surface area contributed by atoms with Gasteiger partial charge in [-0.3, -0.25) is 0 Å². The van der Waals surface area contributed by atoms with E-state index < -0.39 is 17.2 Å². The van der Waals surface area contributed by atoms with Gasteiger partial charge in [-0.1, -0.05) is 19.3 Å². The number of amides is 1. The molecule has 0 aromatic heterocycles. The molecule has 94 valence electrons. The maximum atomic E-state index is 11.6. The number of hydrogen-bond donors (Lipinski definition) is 2. The zero-order valence-electron chi connectivity index (χ0n) is 10.5. The number of rotatable bonds is 2. The van der Waals surface area contributed by atoms with Crippen LogP contribution in [0.4, 0.5) is 4.79 Å². The number of hydrogen-bond acceptors (Lipinski definition) is 3. The Morgan fingerprint density at radius 2 is 1.88 bits per heavy atom. The van der Waals surface area contributed by atoms with Crippen molar-refractivity contribution in [2.75, 3.05) is 6.61 Å². The number of nitrogens with one attached hydrogen (secondary N) is 1. The van der Waals surface area contributed by atoms with Gasteiger partial charge in [0.1, 0.15) is 5.60 Å². The van der Waals surface area contributed by atoms with Crippen LogP contribution in [0.3, 0.4) is 0 Å². The van der Waals surface area contributed by atoms with Gasteiger partial charge in [0.25, 0.3) is 0 Å². The minimum absolute atomic E-state index is 0.00770. The minimum Gasteiger partial charge on any atom is -0.444 e. The Morgan fingerprint density at radius 1 is 1.31 bits per heavy atom. The molecule has 0 aliphatic heterocycles. The third-order valence-corrected chi connectivity index (χ3v) is 2.88. The average Bonchev–Trinajstić information content (AvgIpc) is 2.16. The van der Waals surface area contributed by atoms with Gasteiger partial charge in [0.2, 0.25) is 0 Å². The second-order valence-corrected chi connectivity index (χ2v) is 5.63. The normalized spacial score (nSPS) is 20.2. The molecule has 1 amide bonds. The maximum Gasteiger partial charge on any atom is 0.408 e. The van der Waals surface area contributed by atoms with E-state index in [1.54, 1.807) is 0 Å². The van der Waals surface area contributed by atoms with Crippen molar-refractivity contribution in [3.63, 3.8) is 0 Å². The topological polar surface area (TPSA) is 58.6 Å². The SMILES string of the molecule is CC(C)(C)OC(=O)NC1(CO)CCCCC1. The molecular formula is C12H23NO3. The molecule has 16 heavy (non-hydrogen) atoms. The lowest BCUT2D eigenvalue weighted by Gasteiger charge is -2.36. The first-order valence-electron chi connectivity index (χ1n) is 5.99. The molecule has 4 heteroatoms. The van der Waals surface area contributed by atoms with Crippen LogP contribution in [0.5, 0.6) is 0 Å². The lowest BCUT2D eigenvalue weighted by Crippen LogP contribution is -2.53. The number of carbonyl (C=O) groups is 1. The zero-order valence-corrected chi connectivity index (χ0v) is 10.5. The first-order chi connectivity index (χ1) is 7.37. The van der Waals surface area contributed by atoms with E-state index in [1.807, 2.05) is 20.8 Å². The van der Waals surface area contributed by atoms with Crippen molar-refractivity contribution in [3.8, 4) is 0 Å². The molecule has 0 aromatic carbocycles. The zero-order chi connectivity index (χ0) is 12.2. The summed E-state index contributed by atoms with van der Waals surface area (Å²) in [5, 5.41) is 12.2. The minimum atomic E-state index is -0.491. The highest BCUT2D eigenvalue weighted by molar-refractivity contribution is 5.68. The van der Waals surface area contributed by atoms with E-state index >= 15 is 0 Å². The van der Waals surface area contributed by atoms with E-state index in [-0.39, 0.29) is 6.61 Å². The number of ether oxygens (including phenoxy) is 1. The molecule has 1 fully saturated rings. The fourth-order valence-corrected chi connectivity index (χ4v) is 2.07. The second-order valence-electron chi connectivity index (χ2n) is 5.63. The predicted molar refractivity (Wildman–Crippen MR) is 62.3 cm³/mol. The molecule has 0 spiro atoms. The van der Waals surface area contributed by atoms with Gasteiger partial charge in [-0.05, 0) is 33.6 Å². The fraction of sp³-hybridized carbons (Fsp3) is 0.917. The van der Waals surface area contributed by atoms with Crippen LogP contribution in [-0.2, 0) is 4.74 Å². The summed E-state index contributed by atoms with van der Waals surface area (Å²) in [6.45, 7) is 5.49. The molecule has 0 bridgehead atoms. The van der Waals surface area contributed by atoms with E-state index in [9.17, 15) is 9.90 Å². The molecule has 0 atom stereocenters. The van der Waals surface area contributed by atoms with Crippen molar-refractivity contribution in [1.82, 2.24) is 5.32 Å². The van der Waals surface area contributed by atoms with Crippen LogP contribution >= 0.6 is 0 Å². The molecule has 1 saturated carbocycles. The van der Waals surface area contributed by atoms with Crippen molar-refractivity contribution in [2.45, 2.75) is 64.0 Å². The summed E-state index contributed by atoms with van der Waals surface area (Å²) in [5.41, 5.74) is -0.948. The lowest BCUT2D eigenvalue weighted by molar-refractivity contribution is 0.0344. The second kappa shape index (κ2) is 5.04. The molecule has 0 unspecified atom stereocenters. The fourth-order valence-electron chi connectivity index (χ4n) is 2.07. The van der Waals surface area contributed by atoms with Crippen molar-refractivity contribution in [3.05, 3.63) is 0 Å². The average molecular weight is 229 g/mol. The molecule has 1 rings (SSSR count). The largest absolute Gasteiger partial charge is 0.444 e. The molecule has 1 aliphatic rings. The van der Waals surface area contributed by atoms with Crippen molar-refractivity contribution >= 4 is 6.09 Å². The van der Waals surface area contributed by atoms with Gasteiger partial charge in [0.05, 0.1) is 12.1 Å². The summed E-state index contributed by atoms with van der Waals surface area (Å²) in [6.07, 6.45) is 4.53. The third-order valence-electron chi connectivity index (χ3n) is 2.88. The summed E-state index contributed by atoms with van der Waals surface area (Å²) >= 11 is 0. The van der Waals surface area contributed by atoms with Crippen LogP contribution in [0.1, 0.15) is 52.9 Å². The Morgan fingerprint density at radius 3 is 2.31 bits per heavy atom. The van der Waals surface area contributed by atoms with E-state index in [0.717, 1.165) is 25.7 Å². The van der Waals surface area contributed by atoms with E-state index in [0.29, 0.717) is 0 Å². The van der Waals surface area contributed by atoms with E-state index in [4.69, 9.17) is 4.74 Å². The van der Waals surface area contributed by atoms with E-state index in [1.165, 1.54) is 6.42 Å². The highest BCUT2D eigenvalue weighted by Gasteiger charge is 2.34. The molecular weight excluding hydrogens is 206 g/mol. The molecule has 0 heterocycles. The van der Waals surface area contributed by atoms with Crippen LogP contribution < -0.4 is 5.32 Å². The highest BCUT2D eigenvalue weighted by Crippen LogP contribution is 2.28. The molecule has 0 radical (unpaired) electrons. The Bertz CT molecular complexity index is 239. The first-order valence-corrected chi connectivity index (χ1v) is 5.99. The molecule has 2 N–H and O–H groups in total. The van der Waals surface area contributed by atoms with Gasteiger partial charge in [-0.25, -0.2) is 4.79 Å². The highest BCUT2D eigenvalue weighted by atomic mass is 16.6. The number of alkyl carbamates (subject to hydrolysis) is 1. The van der Waals surface area contributed by atoms with Crippen LogP contribution in [0.2, 0.25) is 0 Å². The van der Waals surface area contributed by atoms with Crippen LogP contribution in [-0.4, -0.2) is 28.9 Å². The van der Waals surface area contributed by atoms with Gasteiger partial charge in [-0.2, -0.15) is 0 Å². The van der Waals surface area contributed by atoms with Crippen molar-refractivity contribution < 1.29 is 14.6 Å².